The highest BCUT2D eigenvalue weighted by Gasteiger charge is 2.42. The van der Waals surface area contributed by atoms with Gasteiger partial charge < -0.3 is 52.1 Å². The first-order chi connectivity index (χ1) is 44.6. The summed E-state index contributed by atoms with van der Waals surface area (Å²) < 4.78 is 28.5. The Hall–Kier alpha value is -12.7. The van der Waals surface area contributed by atoms with E-state index in [9.17, 15) is 18.9 Å². The van der Waals surface area contributed by atoms with Gasteiger partial charge in [0.05, 0.1) is 20.2 Å². The van der Waals surface area contributed by atoms with Crippen molar-refractivity contribution in [1.82, 2.24) is 19.6 Å². The van der Waals surface area contributed by atoms with E-state index in [0.29, 0.717) is 13.4 Å². The highest BCUT2D eigenvalue weighted by Crippen LogP contribution is 2.54. The van der Waals surface area contributed by atoms with Gasteiger partial charge >= 0.3 is 0 Å². The van der Waals surface area contributed by atoms with Gasteiger partial charge in [-0.1, -0.05) is 171 Å². The molecule has 22 heteroatoms. The third-order valence-corrected chi connectivity index (χ3v) is 14.2. The Morgan fingerprint density at radius 1 is 0.221 bits per heavy atom. The molecule has 0 spiro atoms. The van der Waals surface area contributed by atoms with E-state index >= 15 is 0 Å². The van der Waals surface area contributed by atoms with Crippen molar-refractivity contribution in [2.45, 2.75) is 7.43 Å². The molecule has 12 aromatic carbocycles. The average Bonchev–Trinajstić information content (AvgIpc) is 0.757. The van der Waals surface area contributed by atoms with Crippen molar-refractivity contribution < 1.29 is 33.7 Å². The quantitative estimate of drug-likeness (QED) is 0.0641. The summed E-state index contributed by atoms with van der Waals surface area (Å²) in [5, 5.41) is 55.4. The fraction of sp³-hybridized carbons (Fsp3) is 0.0137. The molecule has 12 aromatic rings. The number of nitro groups is 1. The van der Waals surface area contributed by atoms with Crippen LogP contribution in [0.25, 0.3) is 0 Å². The summed E-state index contributed by atoms with van der Waals surface area (Å²) in [5.74, 6) is -0.470. The number of rotatable bonds is 13. The number of nitro benzene ring substituents is 1. The largest absolute Gasteiger partial charge is 0.356 e. The lowest BCUT2D eigenvalue weighted by molar-refractivity contribution is -0.403. The summed E-state index contributed by atoms with van der Waals surface area (Å²) >= 11 is 0. The van der Waals surface area contributed by atoms with Crippen LogP contribution >= 0.6 is 0 Å². The Morgan fingerprint density at radius 2 is 0.337 bits per heavy atom. The number of non-ortho nitro benzene ring substituents is 1. The Labute approximate surface area is 545 Å². The number of hydrogen-bond acceptors (Lipinski definition) is 12. The molecule has 0 aromatic heterocycles. The van der Waals surface area contributed by atoms with Gasteiger partial charge in [0.2, 0.25) is 0 Å². The summed E-state index contributed by atoms with van der Waals surface area (Å²) in [6.45, 7) is 0. The van der Waals surface area contributed by atoms with Crippen LogP contribution in [0.15, 0.2) is 346 Å². The third kappa shape index (κ3) is 18.7. The smallest absolute Gasteiger partial charge is 0.269 e. The first-order valence-electron chi connectivity index (χ1n) is 28.0. The van der Waals surface area contributed by atoms with Gasteiger partial charge in [0.1, 0.15) is 79.9 Å². The Morgan fingerprint density at radius 3 is 0.463 bits per heavy atom. The molecule has 484 valence electrons. The molecule has 0 aliphatic rings. The maximum atomic E-state index is 13.7. The Bertz CT molecular complexity index is 3700. The molecule has 0 unspecified atom stereocenters. The van der Waals surface area contributed by atoms with E-state index in [0.717, 1.165) is 68.2 Å². The molecule has 0 aliphatic carbocycles. The molecule has 0 radical (unpaired) electrons. The number of nitrogens with zero attached hydrogens (tertiary/aromatic N) is 7. The van der Waals surface area contributed by atoms with Crippen LogP contribution in [0.4, 0.5) is 87.4 Å². The summed E-state index contributed by atoms with van der Waals surface area (Å²) in [7, 11) is 0. The fourth-order valence-electron chi connectivity index (χ4n) is 10.7. The first kappa shape index (κ1) is 74.7. The molecule has 3 N–H and O–H groups in total. The van der Waals surface area contributed by atoms with Crippen molar-refractivity contribution in [2.75, 3.05) is 0 Å². The number of para-hydroxylation sites is 9. The highest BCUT2D eigenvalue weighted by atomic mass is 18.2. The van der Waals surface area contributed by atoms with Crippen LogP contribution in [0.3, 0.4) is 0 Å². The lowest BCUT2D eigenvalue weighted by atomic mass is 10.1. The second-order valence-electron chi connectivity index (χ2n) is 19.4. The Kier molecular flexibility index (Phi) is 29.0. The standard InChI is InChI=1S/2C24H19FN.C24H19N2O2.CH4.FH.3NO3.H3N/c2*25-20-16-18-24(19-17-20)26(21-10-4-1-5-11-21,22-12-6-2-7-13-22)23-14-8-3-9-15-23;27-25(28)20-16-18-24(19-17-20)26(21-10-4-1-5-11-21,22-12-6-2-7-13-22)23-14-8-3-9-15-23;;;3*2-1(3)4;/h2*1-19H;1-19H;1H4;1H;;;;1H3/q3*+1;;;3*-1;/i2*25-1;;;1-1;;;;. The molecule has 0 bridgehead atoms. The summed E-state index contributed by atoms with van der Waals surface area (Å²) in [5.41, 5.74) is 12.7. The van der Waals surface area contributed by atoms with Crippen molar-refractivity contribution in [1.29, 1.82) is 0 Å². The SMILES string of the molecule is C.N.O=[N+]([O-])[O-].O=[N+]([O-])[O-].O=[N+]([O-])[O-].O=[N+]([O-])c1ccc([N+](c2ccccc2)(c2ccccc2)c2ccccc2)cc1.[18FH].[18F]c1ccc([N+](c2ccccc2)(c2ccccc2)c2ccccc2)cc1.[18F]c1ccc([N+](c2ccccc2)(c2ccccc2)c2ccccc2)cc1. The van der Waals surface area contributed by atoms with Crippen molar-refractivity contribution in [3.63, 3.8) is 0 Å². The molecule has 95 heavy (non-hydrogen) atoms. The summed E-state index contributed by atoms with van der Waals surface area (Å²) in [6.07, 6.45) is 0. The van der Waals surface area contributed by atoms with Crippen LogP contribution in [0.1, 0.15) is 7.43 Å². The first-order valence-corrected chi connectivity index (χ1v) is 28.0. The molecule has 0 heterocycles. The van der Waals surface area contributed by atoms with Crippen LogP contribution in [-0.4, -0.2) is 20.2 Å². The molecule has 19 nitrogen and oxygen atoms in total. The molecule has 0 aliphatic heterocycles. The van der Waals surface area contributed by atoms with Gasteiger partial charge in [-0.3, -0.25) is 14.8 Å². The van der Waals surface area contributed by atoms with Gasteiger partial charge in [0, 0.05) is 158 Å². The van der Waals surface area contributed by atoms with E-state index in [2.05, 4.69) is 109 Å². The van der Waals surface area contributed by atoms with E-state index < -0.39 is 15.3 Å². The van der Waals surface area contributed by atoms with Crippen LogP contribution in [0.5, 0.6) is 0 Å². The minimum absolute atomic E-state index is 0. The lowest BCUT2D eigenvalue weighted by Crippen LogP contribution is -2.33. The van der Waals surface area contributed by atoms with E-state index in [1.807, 2.05) is 200 Å². The summed E-state index contributed by atoms with van der Waals surface area (Å²) in [6, 6.07) is 113. The number of benzene rings is 12. The van der Waals surface area contributed by atoms with Crippen LogP contribution in [0, 0.1) is 67.7 Å². The normalized spacial score (nSPS) is 10.2. The second-order valence-corrected chi connectivity index (χ2v) is 19.4. The van der Waals surface area contributed by atoms with E-state index in [1.165, 1.54) is 24.3 Å². The predicted molar refractivity (Wildman–Crippen MR) is 372 cm³/mol. The maximum absolute atomic E-state index is 13.7. The van der Waals surface area contributed by atoms with E-state index in [-0.39, 0.29) is 40.5 Å². The third-order valence-electron chi connectivity index (χ3n) is 14.2. The van der Waals surface area contributed by atoms with Crippen LogP contribution in [-0.2, 0) is 0 Å². The van der Waals surface area contributed by atoms with Gasteiger partial charge in [-0.05, 0) is 24.3 Å². The van der Waals surface area contributed by atoms with Gasteiger partial charge in [0.25, 0.3) is 5.69 Å². The van der Waals surface area contributed by atoms with Gasteiger partial charge in [-0.2, -0.15) is 13.4 Å². The van der Waals surface area contributed by atoms with Gasteiger partial charge in [-0.15, -0.1) is 0 Å². The zero-order valence-corrected chi connectivity index (χ0v) is 49.9. The lowest BCUT2D eigenvalue weighted by Gasteiger charge is -2.37. The zero-order chi connectivity index (χ0) is 65.8. The van der Waals surface area contributed by atoms with Crippen molar-refractivity contribution in [3.05, 3.63) is 413 Å². The maximum Gasteiger partial charge on any atom is 0.269 e. The molecular weight excluding hydrogens is 1220 g/mol. The fourth-order valence-corrected chi connectivity index (χ4v) is 10.7. The highest BCUT2D eigenvalue weighted by molar-refractivity contribution is 5.84. The van der Waals surface area contributed by atoms with Crippen molar-refractivity contribution in [2.24, 2.45) is 0 Å². The number of quaternary nitrogens is 3. The molecule has 0 atom stereocenters. The topological polar surface area (TPSA) is 277 Å². The molecule has 0 fully saturated rings. The van der Waals surface area contributed by atoms with Crippen molar-refractivity contribution in [3.8, 4) is 0 Å². The van der Waals surface area contributed by atoms with E-state index in [1.54, 1.807) is 12.1 Å². The van der Waals surface area contributed by atoms with Gasteiger partial charge in [0.15, 0.2) is 0 Å². The monoisotopic (exact) mass is 1280 g/mol. The molecule has 0 saturated carbocycles. The molecule has 0 amide bonds. The second kappa shape index (κ2) is 36.8. The predicted octanol–water partition coefficient (Wildman–Crippen LogP) is 21.4. The van der Waals surface area contributed by atoms with E-state index in [4.69, 9.17) is 46.0 Å². The zero-order valence-electron chi connectivity index (χ0n) is 49.9. The van der Waals surface area contributed by atoms with Gasteiger partial charge in [-0.25, -0.2) is 8.78 Å². The Balaban J connectivity index is 0.000000275. The minimum Gasteiger partial charge on any atom is -0.356 e. The molecule has 12 rings (SSSR count). The molecule has 0 saturated heterocycles. The number of hydrogen-bond donors (Lipinski definition) is 1. The van der Waals surface area contributed by atoms with Crippen LogP contribution < -0.4 is 19.6 Å². The number of halogens is 3. The summed E-state index contributed by atoms with van der Waals surface area (Å²) in [4.78, 5) is 35.6. The molecular formula is C73H65F3N8O11. The minimum atomic E-state index is -1.75. The van der Waals surface area contributed by atoms with Crippen molar-refractivity contribution >= 4 is 73.9 Å². The average molecular weight is 1280 g/mol. The van der Waals surface area contributed by atoms with Crippen LogP contribution in [0.2, 0.25) is 0 Å².